The van der Waals surface area contributed by atoms with Gasteiger partial charge in [-0.3, -0.25) is 19.4 Å². The lowest BCUT2D eigenvalue weighted by Crippen LogP contribution is -2.41. The molecule has 0 radical (unpaired) electrons. The van der Waals surface area contributed by atoms with Gasteiger partial charge in [0.05, 0.1) is 0 Å². The van der Waals surface area contributed by atoms with Crippen molar-refractivity contribution >= 4 is 23.2 Å². The van der Waals surface area contributed by atoms with Crippen LogP contribution in [0, 0.1) is 0 Å². The molecule has 0 fully saturated rings. The highest BCUT2D eigenvalue weighted by Gasteiger charge is 2.48. The molecule has 0 aliphatic carbocycles. The van der Waals surface area contributed by atoms with Gasteiger partial charge < -0.3 is 4.74 Å². The molecular formula is C11H15NO4. The van der Waals surface area contributed by atoms with Gasteiger partial charge in [0.15, 0.2) is 5.60 Å². The topological polar surface area (TPSA) is 72.8 Å². The number of carbonyl (C=O) groups is 3. The Balaban J connectivity index is 3.11. The molecule has 0 aromatic rings. The summed E-state index contributed by atoms with van der Waals surface area (Å²) in [4.78, 5) is 38.2. The molecule has 88 valence electrons. The predicted molar refractivity (Wildman–Crippen MR) is 57.4 cm³/mol. The van der Waals surface area contributed by atoms with Crippen LogP contribution in [0.4, 0.5) is 0 Å². The van der Waals surface area contributed by atoms with Crippen LogP contribution in [0.2, 0.25) is 0 Å². The first kappa shape index (κ1) is 12.5. The number of carbonyl (C=O) groups excluding carboxylic acids is 3. The van der Waals surface area contributed by atoms with E-state index in [2.05, 4.69) is 4.99 Å². The summed E-state index contributed by atoms with van der Waals surface area (Å²) in [6, 6.07) is 0. The maximum absolute atomic E-state index is 11.7. The molecule has 16 heavy (non-hydrogen) atoms. The predicted octanol–water partition coefficient (Wildman–Crippen LogP) is 0.699. The van der Waals surface area contributed by atoms with Crippen molar-refractivity contribution in [2.75, 3.05) is 0 Å². The van der Waals surface area contributed by atoms with Crippen LogP contribution < -0.4 is 0 Å². The van der Waals surface area contributed by atoms with Crippen molar-refractivity contribution < 1.29 is 19.1 Å². The van der Waals surface area contributed by atoms with Crippen molar-refractivity contribution in [1.29, 1.82) is 0 Å². The molecule has 0 spiro atoms. The third-order valence-corrected chi connectivity index (χ3v) is 2.34. The third-order valence-electron chi connectivity index (χ3n) is 2.34. The summed E-state index contributed by atoms with van der Waals surface area (Å²) in [6.07, 6.45) is 0. The fourth-order valence-corrected chi connectivity index (χ4v) is 1.58. The van der Waals surface area contributed by atoms with Gasteiger partial charge in [-0.25, -0.2) is 0 Å². The van der Waals surface area contributed by atoms with Crippen molar-refractivity contribution in [2.24, 2.45) is 4.99 Å². The number of ketones is 2. The minimum absolute atomic E-state index is 0.0118. The molecule has 0 aromatic carbocycles. The molecule has 1 aliphatic heterocycles. The Bertz CT molecular complexity index is 404. The quantitative estimate of drug-likeness (QED) is 0.512. The van der Waals surface area contributed by atoms with Gasteiger partial charge in [0, 0.05) is 6.92 Å². The van der Waals surface area contributed by atoms with Crippen molar-refractivity contribution in [3.05, 3.63) is 0 Å². The number of hydrogen-bond acceptors (Lipinski definition) is 5. The van der Waals surface area contributed by atoms with E-state index in [1.807, 2.05) is 0 Å². The highest BCUT2D eigenvalue weighted by atomic mass is 16.6. The third kappa shape index (κ3) is 2.03. The van der Waals surface area contributed by atoms with Crippen LogP contribution in [-0.2, 0) is 19.1 Å². The van der Waals surface area contributed by atoms with E-state index >= 15 is 0 Å². The molecule has 0 N–H and O–H groups in total. The second-order valence-electron chi connectivity index (χ2n) is 4.78. The second-order valence-corrected chi connectivity index (χ2v) is 4.78. The summed E-state index contributed by atoms with van der Waals surface area (Å²) in [6.45, 7) is 7.45. The minimum Gasteiger partial charge on any atom is -0.453 e. The summed E-state index contributed by atoms with van der Waals surface area (Å²) < 4.78 is 4.99. The number of esters is 1. The SMILES string of the molecule is CC(=O)OC(C)(C)C1=NC(C)(C)C(=O)C1=O. The summed E-state index contributed by atoms with van der Waals surface area (Å²) >= 11 is 0. The van der Waals surface area contributed by atoms with Gasteiger partial charge >= 0.3 is 5.97 Å². The molecule has 0 bridgehead atoms. The Hall–Kier alpha value is -1.52. The number of Topliss-reactive ketones (excluding diaryl/α,β-unsaturated/α-hetero) is 2. The molecule has 1 heterocycles. The fourth-order valence-electron chi connectivity index (χ4n) is 1.58. The Labute approximate surface area is 93.9 Å². The van der Waals surface area contributed by atoms with Crippen LogP contribution in [0.25, 0.3) is 0 Å². The molecule has 0 saturated carbocycles. The number of rotatable bonds is 2. The number of hydrogen-bond donors (Lipinski definition) is 0. The van der Waals surface area contributed by atoms with Gasteiger partial charge in [0.1, 0.15) is 11.3 Å². The Morgan fingerprint density at radius 3 is 2.12 bits per heavy atom. The fraction of sp³-hybridized carbons (Fsp3) is 0.636. The van der Waals surface area contributed by atoms with Crippen LogP contribution in [0.5, 0.6) is 0 Å². The molecule has 5 heteroatoms. The summed E-state index contributed by atoms with van der Waals surface area (Å²) in [7, 11) is 0. The highest BCUT2D eigenvalue weighted by Crippen LogP contribution is 2.25. The lowest BCUT2D eigenvalue weighted by Gasteiger charge is -2.23. The Morgan fingerprint density at radius 2 is 1.81 bits per heavy atom. The highest BCUT2D eigenvalue weighted by molar-refractivity contribution is 6.70. The largest absolute Gasteiger partial charge is 0.453 e. The van der Waals surface area contributed by atoms with E-state index in [0.717, 1.165) is 0 Å². The molecule has 1 aliphatic rings. The van der Waals surface area contributed by atoms with Crippen LogP contribution >= 0.6 is 0 Å². The van der Waals surface area contributed by atoms with Gasteiger partial charge in [-0.15, -0.1) is 0 Å². The molecule has 0 amide bonds. The smallest absolute Gasteiger partial charge is 0.303 e. The van der Waals surface area contributed by atoms with E-state index < -0.39 is 28.7 Å². The summed E-state index contributed by atoms with van der Waals surface area (Å²) in [5.74, 6) is -1.75. The van der Waals surface area contributed by atoms with Crippen molar-refractivity contribution in [3.8, 4) is 0 Å². The standard InChI is InChI=1S/C11H15NO4/c1-6(13)16-11(4,5)8-7(14)9(15)10(2,3)12-8/h1-5H3. The lowest BCUT2D eigenvalue weighted by molar-refractivity contribution is -0.148. The average Bonchev–Trinajstić information content (AvgIpc) is 2.27. The minimum atomic E-state index is -1.16. The van der Waals surface area contributed by atoms with Gasteiger partial charge in [0.25, 0.3) is 0 Å². The van der Waals surface area contributed by atoms with E-state index in [9.17, 15) is 14.4 Å². The normalized spacial score (nSPS) is 19.7. The molecule has 0 saturated heterocycles. The molecule has 1 rings (SSSR count). The maximum atomic E-state index is 11.7. The zero-order valence-electron chi connectivity index (χ0n) is 10.1. The molecule has 0 aromatic heterocycles. The van der Waals surface area contributed by atoms with Crippen molar-refractivity contribution in [1.82, 2.24) is 0 Å². The van der Waals surface area contributed by atoms with Crippen molar-refractivity contribution in [3.63, 3.8) is 0 Å². The van der Waals surface area contributed by atoms with E-state index in [1.54, 1.807) is 27.7 Å². The van der Waals surface area contributed by atoms with Gasteiger partial charge in [-0.2, -0.15) is 0 Å². The van der Waals surface area contributed by atoms with Crippen LogP contribution in [0.3, 0.4) is 0 Å². The summed E-state index contributed by atoms with van der Waals surface area (Å²) in [5, 5.41) is 0. The van der Waals surface area contributed by atoms with Gasteiger partial charge in [-0.05, 0) is 27.7 Å². The first-order valence-corrected chi connectivity index (χ1v) is 4.97. The lowest BCUT2D eigenvalue weighted by atomic mass is 9.95. The zero-order valence-corrected chi connectivity index (χ0v) is 10.1. The van der Waals surface area contributed by atoms with Crippen LogP contribution in [0.15, 0.2) is 4.99 Å². The molecule has 0 atom stereocenters. The monoisotopic (exact) mass is 225 g/mol. The van der Waals surface area contributed by atoms with E-state index in [0.29, 0.717) is 0 Å². The van der Waals surface area contributed by atoms with E-state index in [4.69, 9.17) is 4.74 Å². The van der Waals surface area contributed by atoms with Crippen LogP contribution in [0.1, 0.15) is 34.6 Å². The second kappa shape index (κ2) is 3.50. The number of aliphatic imine (C=N–C) groups is 1. The van der Waals surface area contributed by atoms with Crippen LogP contribution in [-0.4, -0.2) is 34.4 Å². The van der Waals surface area contributed by atoms with Gasteiger partial charge in [-0.1, -0.05) is 0 Å². The molecule has 0 unspecified atom stereocenters. The first-order chi connectivity index (χ1) is 7.08. The Kier molecular flexibility index (Phi) is 2.75. The molecular weight excluding hydrogens is 210 g/mol. The van der Waals surface area contributed by atoms with E-state index in [1.165, 1.54) is 6.92 Å². The Morgan fingerprint density at radius 1 is 1.31 bits per heavy atom. The average molecular weight is 225 g/mol. The van der Waals surface area contributed by atoms with Crippen molar-refractivity contribution in [2.45, 2.75) is 45.8 Å². The number of nitrogens with zero attached hydrogens (tertiary/aromatic N) is 1. The number of ether oxygens (including phenoxy) is 1. The first-order valence-electron chi connectivity index (χ1n) is 4.97. The van der Waals surface area contributed by atoms with E-state index in [-0.39, 0.29) is 5.71 Å². The zero-order chi connectivity index (χ0) is 12.7. The summed E-state index contributed by atoms with van der Waals surface area (Å²) in [5.41, 5.74) is -2.20. The maximum Gasteiger partial charge on any atom is 0.303 e. The van der Waals surface area contributed by atoms with Gasteiger partial charge in [0.2, 0.25) is 11.6 Å². The molecule has 5 nitrogen and oxygen atoms in total.